The smallest absolute Gasteiger partial charge is 0.200 e. The molecule has 8 heteroatoms. The largest absolute Gasteiger partial charge is 0.420 e. The monoisotopic (exact) mass is 327 g/mol. The molecular formula is C12H18F5NSi2. The average Bonchev–Trinajstić information content (AvgIpc) is 2.26. The fourth-order valence-corrected chi connectivity index (χ4v) is 12.3. The van der Waals surface area contributed by atoms with Crippen molar-refractivity contribution in [2.24, 2.45) is 0 Å². The highest BCUT2D eigenvalue weighted by atomic mass is 28.4. The SMILES string of the molecule is C[Si](C)(C)N(c1c(F)c(F)c(F)c(F)c1F)[Si](C)(C)C. The van der Waals surface area contributed by atoms with Crippen molar-refractivity contribution in [3.63, 3.8) is 0 Å². The molecule has 20 heavy (non-hydrogen) atoms. The lowest BCUT2D eigenvalue weighted by Crippen LogP contribution is -2.60. The standard InChI is InChI=1S/C12H18F5NSi2/c1-19(2,3)18(20(4,5)6)12-10(16)8(14)7(13)9(15)11(12)17/h1-6H3. The minimum absolute atomic E-state index is 0.778. The molecule has 0 unspecified atom stereocenters. The van der Waals surface area contributed by atoms with Gasteiger partial charge in [-0.2, -0.15) is 0 Å². The van der Waals surface area contributed by atoms with E-state index in [1.54, 1.807) is 0 Å². The first kappa shape index (κ1) is 17.2. The highest BCUT2D eigenvalue weighted by Gasteiger charge is 2.40. The third kappa shape index (κ3) is 2.90. The van der Waals surface area contributed by atoms with Gasteiger partial charge in [0.1, 0.15) is 16.5 Å². The number of rotatable bonds is 3. The molecule has 0 aliphatic carbocycles. The maximum absolute atomic E-state index is 14.0. The van der Waals surface area contributed by atoms with Crippen LogP contribution in [-0.4, -0.2) is 16.5 Å². The Morgan fingerprint density at radius 1 is 0.550 bits per heavy atom. The van der Waals surface area contributed by atoms with E-state index in [1.165, 1.54) is 4.23 Å². The van der Waals surface area contributed by atoms with E-state index in [0.717, 1.165) is 0 Å². The molecule has 1 aromatic rings. The molecule has 0 aliphatic rings. The summed E-state index contributed by atoms with van der Waals surface area (Å²) >= 11 is 0. The van der Waals surface area contributed by atoms with Gasteiger partial charge in [-0.25, -0.2) is 22.0 Å². The van der Waals surface area contributed by atoms with Gasteiger partial charge in [0, 0.05) is 0 Å². The molecule has 0 amide bonds. The van der Waals surface area contributed by atoms with Gasteiger partial charge in [0.25, 0.3) is 0 Å². The quantitative estimate of drug-likeness (QED) is 0.332. The van der Waals surface area contributed by atoms with Crippen molar-refractivity contribution in [1.29, 1.82) is 0 Å². The van der Waals surface area contributed by atoms with Gasteiger partial charge >= 0.3 is 0 Å². The van der Waals surface area contributed by atoms with Gasteiger partial charge in [0.2, 0.25) is 5.82 Å². The van der Waals surface area contributed by atoms with E-state index in [-0.39, 0.29) is 0 Å². The normalized spacial score (nSPS) is 12.8. The van der Waals surface area contributed by atoms with Crippen molar-refractivity contribution < 1.29 is 22.0 Å². The van der Waals surface area contributed by atoms with E-state index in [1.807, 2.05) is 39.3 Å². The lowest BCUT2D eigenvalue weighted by molar-refractivity contribution is 0.381. The minimum Gasteiger partial charge on any atom is -0.420 e. The number of hydrogen-bond donors (Lipinski definition) is 0. The maximum Gasteiger partial charge on any atom is 0.200 e. The molecule has 1 nitrogen and oxygen atoms in total. The second kappa shape index (κ2) is 5.14. The van der Waals surface area contributed by atoms with Crippen molar-refractivity contribution in [2.45, 2.75) is 39.3 Å². The highest BCUT2D eigenvalue weighted by molar-refractivity contribution is 6.99. The fourth-order valence-electron chi connectivity index (χ4n) is 2.47. The van der Waals surface area contributed by atoms with Gasteiger partial charge in [-0.05, 0) is 0 Å². The van der Waals surface area contributed by atoms with Crippen LogP contribution in [0.25, 0.3) is 0 Å². The Hall–Kier alpha value is -0.896. The molecule has 0 aliphatic heterocycles. The van der Waals surface area contributed by atoms with Crippen LogP contribution in [0.3, 0.4) is 0 Å². The zero-order valence-corrected chi connectivity index (χ0v) is 14.3. The van der Waals surface area contributed by atoms with Crippen molar-refractivity contribution in [3.8, 4) is 0 Å². The van der Waals surface area contributed by atoms with Crippen LogP contribution in [0.2, 0.25) is 39.3 Å². The van der Waals surface area contributed by atoms with Crippen LogP contribution < -0.4 is 4.23 Å². The Morgan fingerprint density at radius 2 is 0.800 bits per heavy atom. The predicted octanol–water partition coefficient (Wildman–Crippen LogP) is 4.86. The summed E-state index contributed by atoms with van der Waals surface area (Å²) < 4.78 is 69.4. The van der Waals surface area contributed by atoms with E-state index in [2.05, 4.69) is 0 Å². The third-order valence-electron chi connectivity index (χ3n) is 2.75. The summed E-state index contributed by atoms with van der Waals surface area (Å²) in [6.07, 6.45) is 0. The van der Waals surface area contributed by atoms with Crippen LogP contribution in [-0.2, 0) is 0 Å². The predicted molar refractivity (Wildman–Crippen MR) is 75.4 cm³/mol. The molecular weight excluding hydrogens is 309 g/mol. The highest BCUT2D eigenvalue weighted by Crippen LogP contribution is 2.36. The number of anilines is 1. The van der Waals surface area contributed by atoms with E-state index < -0.39 is 51.2 Å². The van der Waals surface area contributed by atoms with Crippen LogP contribution in [0, 0.1) is 29.1 Å². The van der Waals surface area contributed by atoms with E-state index >= 15 is 0 Å². The molecule has 0 aromatic heterocycles. The molecule has 1 rings (SSSR count). The maximum atomic E-state index is 14.0. The molecule has 0 saturated carbocycles. The molecule has 0 fully saturated rings. The van der Waals surface area contributed by atoms with Crippen LogP contribution in [0.1, 0.15) is 0 Å². The molecule has 0 spiro atoms. The summed E-state index contributed by atoms with van der Waals surface area (Å²) in [6, 6.07) is 0. The van der Waals surface area contributed by atoms with Crippen molar-refractivity contribution in [2.75, 3.05) is 4.23 Å². The number of benzene rings is 1. The van der Waals surface area contributed by atoms with E-state index in [4.69, 9.17) is 0 Å². The van der Waals surface area contributed by atoms with Gasteiger partial charge in [-0.1, -0.05) is 39.3 Å². The summed E-state index contributed by atoms with van der Waals surface area (Å²) in [5.41, 5.74) is -0.778. The van der Waals surface area contributed by atoms with Gasteiger partial charge in [0.05, 0.1) is 5.69 Å². The average molecular weight is 327 g/mol. The first-order valence-corrected chi connectivity index (χ1v) is 13.0. The Morgan fingerprint density at radius 3 is 1.05 bits per heavy atom. The van der Waals surface area contributed by atoms with Gasteiger partial charge < -0.3 is 4.23 Å². The summed E-state index contributed by atoms with van der Waals surface area (Å²) in [7, 11) is -4.66. The van der Waals surface area contributed by atoms with Crippen molar-refractivity contribution in [3.05, 3.63) is 29.1 Å². The summed E-state index contributed by atoms with van der Waals surface area (Å²) in [6.45, 7) is 10.9. The van der Waals surface area contributed by atoms with E-state index in [9.17, 15) is 22.0 Å². The Bertz CT molecular complexity index is 491. The molecule has 0 N–H and O–H groups in total. The number of nitrogens with zero attached hydrogens (tertiary/aromatic N) is 1. The molecule has 114 valence electrons. The second-order valence-corrected chi connectivity index (χ2v) is 16.6. The topological polar surface area (TPSA) is 3.24 Å². The number of halogens is 5. The summed E-state index contributed by atoms with van der Waals surface area (Å²) in [5.74, 6) is -9.38. The van der Waals surface area contributed by atoms with Gasteiger partial charge in [-0.15, -0.1) is 0 Å². The Kier molecular flexibility index (Phi) is 4.41. The summed E-state index contributed by atoms with van der Waals surface area (Å²) in [5, 5.41) is 0. The number of hydrogen-bond acceptors (Lipinski definition) is 1. The molecule has 0 atom stereocenters. The van der Waals surface area contributed by atoms with E-state index in [0.29, 0.717) is 0 Å². The zero-order chi connectivity index (χ0) is 16.0. The lowest BCUT2D eigenvalue weighted by atomic mass is 10.2. The zero-order valence-electron chi connectivity index (χ0n) is 12.3. The molecule has 0 radical (unpaired) electrons. The molecule has 1 aromatic carbocycles. The van der Waals surface area contributed by atoms with Crippen molar-refractivity contribution >= 4 is 22.2 Å². The molecule has 0 heterocycles. The lowest BCUT2D eigenvalue weighted by Gasteiger charge is -2.45. The van der Waals surface area contributed by atoms with Gasteiger partial charge in [-0.3, -0.25) is 0 Å². The Labute approximate surface area is 117 Å². The van der Waals surface area contributed by atoms with Crippen LogP contribution in [0.5, 0.6) is 0 Å². The molecule has 0 bridgehead atoms. The summed E-state index contributed by atoms with van der Waals surface area (Å²) in [4.78, 5) is 0. The fraction of sp³-hybridized carbons (Fsp3) is 0.500. The van der Waals surface area contributed by atoms with Crippen LogP contribution in [0.4, 0.5) is 27.6 Å². The van der Waals surface area contributed by atoms with Gasteiger partial charge in [0.15, 0.2) is 23.3 Å². The Balaban J connectivity index is 3.76. The van der Waals surface area contributed by atoms with Crippen LogP contribution in [0.15, 0.2) is 0 Å². The minimum atomic E-state index is -2.33. The first-order valence-electron chi connectivity index (χ1n) is 6.12. The van der Waals surface area contributed by atoms with Crippen LogP contribution >= 0.6 is 0 Å². The molecule has 0 saturated heterocycles. The van der Waals surface area contributed by atoms with Crippen molar-refractivity contribution in [1.82, 2.24) is 0 Å². The first-order chi connectivity index (χ1) is 8.80. The second-order valence-electron chi connectivity index (χ2n) is 6.60. The third-order valence-corrected chi connectivity index (χ3v) is 9.91.